The van der Waals surface area contributed by atoms with E-state index in [2.05, 4.69) is 29.6 Å². The van der Waals surface area contributed by atoms with E-state index >= 15 is 0 Å². The van der Waals surface area contributed by atoms with Gasteiger partial charge in [0.25, 0.3) is 0 Å². The third-order valence-corrected chi connectivity index (χ3v) is 4.97. The Kier molecular flexibility index (Phi) is 8.29. The molecule has 0 aromatic heterocycles. The summed E-state index contributed by atoms with van der Waals surface area (Å²) in [6.07, 6.45) is 4.35. The topological polar surface area (TPSA) is 64.4 Å². The minimum absolute atomic E-state index is 0. The van der Waals surface area contributed by atoms with E-state index in [-0.39, 0.29) is 24.4 Å². The predicted molar refractivity (Wildman–Crippen MR) is 111 cm³/mol. The fraction of sp³-hybridized carbons (Fsp3) is 0.409. The van der Waals surface area contributed by atoms with Gasteiger partial charge in [-0.1, -0.05) is 54.1 Å². The fourth-order valence-corrected chi connectivity index (χ4v) is 3.43. The molecule has 0 saturated heterocycles. The van der Waals surface area contributed by atoms with Crippen molar-refractivity contribution in [2.45, 2.75) is 44.8 Å². The number of hydrogen-bond acceptors (Lipinski definition) is 3. The third-order valence-electron chi connectivity index (χ3n) is 4.97. The van der Waals surface area contributed by atoms with Crippen molar-refractivity contribution in [3.8, 4) is 0 Å². The highest BCUT2D eigenvalue weighted by atomic mass is 35.5. The molecule has 0 fully saturated rings. The largest absolute Gasteiger partial charge is 0.373 e. The zero-order valence-corrected chi connectivity index (χ0v) is 16.6. The molecule has 0 spiro atoms. The van der Waals surface area contributed by atoms with Crippen molar-refractivity contribution in [1.82, 2.24) is 5.32 Å². The number of nitrogens with one attached hydrogen (secondary N) is 1. The molecule has 1 aliphatic rings. The second-order valence-corrected chi connectivity index (χ2v) is 6.98. The van der Waals surface area contributed by atoms with Crippen LogP contribution >= 0.6 is 12.4 Å². The minimum atomic E-state index is -0.623. The molecule has 4 nitrogen and oxygen atoms in total. The normalized spacial score (nSPS) is 16.7. The first kappa shape index (κ1) is 21.4. The number of fused-ring (bicyclic) bond motifs is 1. The smallest absolute Gasteiger partial charge is 0.241 e. The van der Waals surface area contributed by atoms with Gasteiger partial charge in [0.2, 0.25) is 5.91 Å². The average Bonchev–Trinajstić information content (AvgIpc) is 2.67. The van der Waals surface area contributed by atoms with Crippen molar-refractivity contribution in [2.75, 3.05) is 13.2 Å². The Hall–Kier alpha value is -1.88. The first-order valence-electron chi connectivity index (χ1n) is 9.44. The molecule has 27 heavy (non-hydrogen) atoms. The molecule has 0 aliphatic heterocycles. The van der Waals surface area contributed by atoms with Gasteiger partial charge in [0.05, 0.1) is 6.10 Å². The molecule has 3 N–H and O–H groups in total. The maximum Gasteiger partial charge on any atom is 0.241 e. The van der Waals surface area contributed by atoms with Crippen molar-refractivity contribution < 1.29 is 9.53 Å². The predicted octanol–water partition coefficient (Wildman–Crippen LogP) is 4.02. The van der Waals surface area contributed by atoms with Gasteiger partial charge >= 0.3 is 0 Å². The maximum atomic E-state index is 12.2. The highest BCUT2D eigenvalue weighted by Gasteiger charge is 2.20. The van der Waals surface area contributed by atoms with E-state index in [1.807, 2.05) is 31.2 Å². The van der Waals surface area contributed by atoms with E-state index in [0.717, 1.165) is 30.4 Å². The van der Waals surface area contributed by atoms with Gasteiger partial charge in [0.1, 0.15) is 6.04 Å². The zero-order valence-electron chi connectivity index (χ0n) is 15.8. The standard InChI is InChI=1S/C22H28N2O2.ClH/c1-16-10-12-18(13-11-16)21(23)22(25)24-14-5-15-26-20-9-4-7-17-6-2-3-8-19(17)20;/h2-3,6,8,10-13,20-21H,4-5,7,9,14-15,23H2,1H3,(H,24,25);1H. The summed E-state index contributed by atoms with van der Waals surface area (Å²) in [6.45, 7) is 3.23. The van der Waals surface area contributed by atoms with Crippen molar-refractivity contribution in [3.63, 3.8) is 0 Å². The summed E-state index contributed by atoms with van der Waals surface area (Å²) in [7, 11) is 0. The monoisotopic (exact) mass is 388 g/mol. The van der Waals surface area contributed by atoms with Gasteiger partial charge in [-0.3, -0.25) is 4.79 Å². The third kappa shape index (κ3) is 5.80. The number of amides is 1. The molecule has 1 amide bonds. The Labute approximate surface area is 167 Å². The summed E-state index contributed by atoms with van der Waals surface area (Å²) in [4.78, 5) is 12.2. The quantitative estimate of drug-likeness (QED) is 0.704. The number of ether oxygens (including phenoxy) is 1. The summed E-state index contributed by atoms with van der Waals surface area (Å²) < 4.78 is 6.07. The Morgan fingerprint density at radius 2 is 1.96 bits per heavy atom. The van der Waals surface area contributed by atoms with Crippen LogP contribution in [0.5, 0.6) is 0 Å². The summed E-state index contributed by atoms with van der Waals surface area (Å²) in [6, 6.07) is 15.7. The summed E-state index contributed by atoms with van der Waals surface area (Å²) in [5.74, 6) is -0.142. The Balaban J connectivity index is 0.00000261. The van der Waals surface area contributed by atoms with Crippen molar-refractivity contribution >= 4 is 18.3 Å². The van der Waals surface area contributed by atoms with E-state index < -0.39 is 6.04 Å². The SMILES string of the molecule is Cc1ccc(C(N)C(=O)NCCCOC2CCCc3ccccc32)cc1.Cl. The van der Waals surface area contributed by atoms with Gasteiger partial charge in [-0.25, -0.2) is 0 Å². The van der Waals surface area contributed by atoms with Gasteiger partial charge in [0, 0.05) is 13.2 Å². The second-order valence-electron chi connectivity index (χ2n) is 6.98. The van der Waals surface area contributed by atoms with E-state index in [9.17, 15) is 4.79 Å². The van der Waals surface area contributed by atoms with Crippen LogP contribution < -0.4 is 11.1 Å². The number of hydrogen-bond donors (Lipinski definition) is 2. The zero-order chi connectivity index (χ0) is 18.4. The van der Waals surface area contributed by atoms with E-state index in [1.165, 1.54) is 17.5 Å². The Bertz CT molecular complexity index is 733. The molecular weight excluding hydrogens is 360 g/mol. The second kappa shape index (κ2) is 10.5. The summed E-state index contributed by atoms with van der Waals surface area (Å²) in [5.41, 5.74) is 10.7. The van der Waals surface area contributed by atoms with Crippen LogP contribution in [0.3, 0.4) is 0 Å². The van der Waals surface area contributed by atoms with Crippen LogP contribution in [0.15, 0.2) is 48.5 Å². The fourth-order valence-electron chi connectivity index (χ4n) is 3.43. The molecule has 2 atom stereocenters. The van der Waals surface area contributed by atoms with Crippen LogP contribution in [0, 0.1) is 6.92 Å². The van der Waals surface area contributed by atoms with Crippen LogP contribution in [0.4, 0.5) is 0 Å². The average molecular weight is 389 g/mol. The number of rotatable bonds is 7. The first-order chi connectivity index (χ1) is 12.6. The minimum Gasteiger partial charge on any atom is -0.373 e. The number of aryl methyl sites for hydroxylation is 2. The van der Waals surface area contributed by atoms with Crippen LogP contribution in [-0.2, 0) is 16.0 Å². The molecule has 2 unspecified atom stereocenters. The number of halogens is 1. The van der Waals surface area contributed by atoms with Gasteiger partial charge in [-0.05, 0) is 49.3 Å². The number of carbonyl (C=O) groups is 1. The Morgan fingerprint density at radius 3 is 2.74 bits per heavy atom. The van der Waals surface area contributed by atoms with Crippen LogP contribution in [-0.4, -0.2) is 19.1 Å². The number of carbonyl (C=O) groups excluding carboxylic acids is 1. The van der Waals surface area contributed by atoms with E-state index in [0.29, 0.717) is 13.2 Å². The Morgan fingerprint density at radius 1 is 1.22 bits per heavy atom. The number of nitrogens with two attached hydrogens (primary N) is 1. The van der Waals surface area contributed by atoms with Gasteiger partial charge in [0.15, 0.2) is 0 Å². The molecule has 146 valence electrons. The first-order valence-corrected chi connectivity index (χ1v) is 9.44. The highest BCUT2D eigenvalue weighted by Crippen LogP contribution is 2.32. The molecule has 2 aromatic rings. The molecule has 2 aromatic carbocycles. The lowest BCUT2D eigenvalue weighted by Crippen LogP contribution is -2.35. The van der Waals surface area contributed by atoms with Gasteiger partial charge in [-0.2, -0.15) is 0 Å². The summed E-state index contributed by atoms with van der Waals surface area (Å²) >= 11 is 0. The molecule has 3 rings (SSSR count). The van der Waals surface area contributed by atoms with Crippen LogP contribution in [0.2, 0.25) is 0 Å². The summed E-state index contributed by atoms with van der Waals surface area (Å²) in [5, 5.41) is 2.91. The molecule has 0 saturated carbocycles. The molecule has 0 bridgehead atoms. The maximum absolute atomic E-state index is 12.2. The molecule has 5 heteroatoms. The van der Waals surface area contributed by atoms with E-state index in [1.54, 1.807) is 0 Å². The molecular formula is C22H29ClN2O2. The molecule has 0 radical (unpaired) electrons. The van der Waals surface area contributed by atoms with Crippen LogP contribution in [0.1, 0.15) is 53.7 Å². The van der Waals surface area contributed by atoms with E-state index in [4.69, 9.17) is 10.5 Å². The lowest BCUT2D eigenvalue weighted by Gasteiger charge is -2.25. The van der Waals surface area contributed by atoms with Crippen LogP contribution in [0.25, 0.3) is 0 Å². The molecule has 0 heterocycles. The van der Waals surface area contributed by atoms with Crippen molar-refractivity contribution in [2.24, 2.45) is 5.73 Å². The molecule has 1 aliphatic carbocycles. The number of benzene rings is 2. The lowest BCUT2D eigenvalue weighted by molar-refractivity contribution is -0.122. The van der Waals surface area contributed by atoms with Gasteiger partial charge in [-0.15, -0.1) is 12.4 Å². The van der Waals surface area contributed by atoms with Gasteiger partial charge < -0.3 is 15.8 Å². The lowest BCUT2D eigenvalue weighted by atomic mass is 9.89. The van der Waals surface area contributed by atoms with Crippen molar-refractivity contribution in [3.05, 3.63) is 70.8 Å². The highest BCUT2D eigenvalue weighted by molar-refractivity contribution is 5.85. The van der Waals surface area contributed by atoms with Crippen molar-refractivity contribution in [1.29, 1.82) is 0 Å².